The van der Waals surface area contributed by atoms with Crippen molar-refractivity contribution in [3.63, 3.8) is 0 Å². The number of para-hydroxylation sites is 1. The molecule has 0 saturated heterocycles. The van der Waals surface area contributed by atoms with E-state index in [9.17, 15) is 14.4 Å². The summed E-state index contributed by atoms with van der Waals surface area (Å²) >= 11 is 0. The number of amides is 2. The molecule has 0 radical (unpaired) electrons. The molecule has 2 atom stereocenters. The van der Waals surface area contributed by atoms with Crippen molar-refractivity contribution in [2.24, 2.45) is 11.8 Å². The maximum absolute atomic E-state index is 13.2. The first kappa shape index (κ1) is 22.5. The summed E-state index contributed by atoms with van der Waals surface area (Å²) in [5, 5.41) is 3.68. The van der Waals surface area contributed by atoms with Crippen molar-refractivity contribution in [1.29, 1.82) is 0 Å². The molecule has 0 unspecified atom stereocenters. The lowest BCUT2D eigenvalue weighted by Gasteiger charge is -2.30. The Morgan fingerprint density at radius 1 is 1.21 bits per heavy atom. The van der Waals surface area contributed by atoms with Gasteiger partial charge in [0.05, 0.1) is 13.5 Å². The summed E-state index contributed by atoms with van der Waals surface area (Å²) in [7, 11) is 4.50. The van der Waals surface area contributed by atoms with Crippen molar-refractivity contribution in [2.75, 3.05) is 21.2 Å². The third-order valence-corrected chi connectivity index (χ3v) is 5.20. The third kappa shape index (κ3) is 5.59. The van der Waals surface area contributed by atoms with E-state index < -0.39 is 17.9 Å². The summed E-state index contributed by atoms with van der Waals surface area (Å²) in [6.07, 6.45) is 2.80. The molecule has 0 aliphatic rings. The van der Waals surface area contributed by atoms with Gasteiger partial charge in [0.25, 0.3) is 0 Å². The second kappa shape index (κ2) is 10.1. The molecule has 2 aromatic rings. The molecule has 0 saturated carbocycles. The molecule has 0 aliphatic heterocycles. The van der Waals surface area contributed by atoms with Crippen LogP contribution in [0.25, 0.3) is 10.9 Å². The Balaban J connectivity index is 2.28. The van der Waals surface area contributed by atoms with Crippen LogP contribution in [-0.4, -0.2) is 54.9 Å². The van der Waals surface area contributed by atoms with E-state index in [2.05, 4.69) is 10.3 Å². The van der Waals surface area contributed by atoms with Gasteiger partial charge in [0, 0.05) is 43.5 Å². The quantitative estimate of drug-likeness (QED) is 0.632. The van der Waals surface area contributed by atoms with Crippen LogP contribution in [0.4, 0.5) is 0 Å². The molecule has 0 spiro atoms. The van der Waals surface area contributed by atoms with E-state index in [0.29, 0.717) is 12.8 Å². The van der Waals surface area contributed by atoms with Gasteiger partial charge in [-0.1, -0.05) is 32.0 Å². The number of hydrogen-bond acceptors (Lipinski definition) is 4. The lowest BCUT2D eigenvalue weighted by molar-refractivity contribution is -0.148. The van der Waals surface area contributed by atoms with Gasteiger partial charge in [-0.15, -0.1) is 0 Å². The number of hydrogen-bond donors (Lipinski definition) is 2. The van der Waals surface area contributed by atoms with Gasteiger partial charge >= 0.3 is 5.97 Å². The number of aromatic nitrogens is 1. The summed E-state index contributed by atoms with van der Waals surface area (Å²) in [5.41, 5.74) is 1.94. The van der Waals surface area contributed by atoms with E-state index in [1.54, 1.807) is 14.1 Å². The highest BCUT2D eigenvalue weighted by Crippen LogP contribution is 2.23. The highest BCUT2D eigenvalue weighted by molar-refractivity contribution is 5.91. The number of nitrogens with zero attached hydrogens (tertiary/aromatic N) is 1. The Labute approximate surface area is 171 Å². The van der Waals surface area contributed by atoms with Crippen molar-refractivity contribution in [2.45, 2.75) is 39.2 Å². The van der Waals surface area contributed by atoms with Crippen LogP contribution in [0, 0.1) is 11.8 Å². The van der Waals surface area contributed by atoms with Gasteiger partial charge in [-0.2, -0.15) is 0 Å². The number of nitrogens with one attached hydrogen (secondary N) is 2. The van der Waals surface area contributed by atoms with E-state index in [1.165, 1.54) is 12.0 Å². The Morgan fingerprint density at radius 3 is 2.52 bits per heavy atom. The van der Waals surface area contributed by atoms with Crippen LogP contribution in [0.3, 0.4) is 0 Å². The minimum Gasteiger partial charge on any atom is -0.469 e. The van der Waals surface area contributed by atoms with Gasteiger partial charge < -0.3 is 19.9 Å². The van der Waals surface area contributed by atoms with Crippen LogP contribution in [0.5, 0.6) is 0 Å². The fraction of sp³-hybridized carbons (Fsp3) is 0.500. The van der Waals surface area contributed by atoms with Gasteiger partial charge in [0.2, 0.25) is 11.8 Å². The number of carbonyl (C=O) groups excluding carboxylic acids is 3. The summed E-state index contributed by atoms with van der Waals surface area (Å²) < 4.78 is 4.76. The van der Waals surface area contributed by atoms with Gasteiger partial charge in [-0.3, -0.25) is 14.4 Å². The smallest absolute Gasteiger partial charge is 0.306 e. The summed E-state index contributed by atoms with van der Waals surface area (Å²) in [4.78, 5) is 42.3. The molecular formula is C22H31N3O4. The Bertz CT molecular complexity index is 859. The molecule has 0 fully saturated rings. The van der Waals surface area contributed by atoms with Crippen LogP contribution in [0.15, 0.2) is 30.5 Å². The minimum atomic E-state index is -0.681. The van der Waals surface area contributed by atoms with Crippen molar-refractivity contribution in [3.8, 4) is 0 Å². The average molecular weight is 402 g/mol. The van der Waals surface area contributed by atoms with E-state index in [0.717, 1.165) is 16.5 Å². The number of ether oxygens (including phenoxy) is 1. The highest BCUT2D eigenvalue weighted by Gasteiger charge is 2.33. The molecule has 0 bridgehead atoms. The summed E-state index contributed by atoms with van der Waals surface area (Å²) in [6.45, 7) is 4.00. The third-order valence-electron chi connectivity index (χ3n) is 5.20. The van der Waals surface area contributed by atoms with Crippen LogP contribution >= 0.6 is 0 Å². The van der Waals surface area contributed by atoms with Crippen molar-refractivity contribution >= 4 is 28.7 Å². The van der Waals surface area contributed by atoms with E-state index in [-0.39, 0.29) is 24.2 Å². The van der Waals surface area contributed by atoms with Crippen molar-refractivity contribution in [3.05, 3.63) is 36.0 Å². The zero-order chi connectivity index (χ0) is 21.6. The molecule has 1 aromatic carbocycles. The molecule has 7 heteroatoms. The van der Waals surface area contributed by atoms with E-state index in [1.807, 2.05) is 44.3 Å². The molecule has 0 aliphatic carbocycles. The number of aromatic amines is 1. The number of likely N-dealkylation sites (N-methyl/N-ethyl adjacent to an activating group) is 2. The predicted molar refractivity (Wildman–Crippen MR) is 112 cm³/mol. The SMILES string of the molecule is CNC(=O)[C@H](Cc1c[nH]c2ccccc12)N(C)C(=O)[C@@H](CC(=O)OC)CC(C)C. The van der Waals surface area contributed by atoms with Gasteiger partial charge in [-0.25, -0.2) is 0 Å². The van der Waals surface area contributed by atoms with Crippen LogP contribution in [0.2, 0.25) is 0 Å². The normalized spacial score (nSPS) is 13.2. The summed E-state index contributed by atoms with van der Waals surface area (Å²) in [6, 6.07) is 7.16. The van der Waals surface area contributed by atoms with Crippen LogP contribution in [0.1, 0.15) is 32.3 Å². The molecule has 2 amide bonds. The number of esters is 1. The number of carbonyl (C=O) groups is 3. The Hall–Kier alpha value is -2.83. The minimum absolute atomic E-state index is 0.00536. The first-order valence-electron chi connectivity index (χ1n) is 9.88. The molecule has 29 heavy (non-hydrogen) atoms. The van der Waals surface area contributed by atoms with Crippen LogP contribution < -0.4 is 5.32 Å². The molecule has 2 N–H and O–H groups in total. The first-order chi connectivity index (χ1) is 13.8. The maximum atomic E-state index is 13.2. The Morgan fingerprint density at radius 2 is 1.90 bits per heavy atom. The molecule has 1 aromatic heterocycles. The largest absolute Gasteiger partial charge is 0.469 e. The molecular weight excluding hydrogens is 370 g/mol. The average Bonchev–Trinajstić information content (AvgIpc) is 3.12. The highest BCUT2D eigenvalue weighted by atomic mass is 16.5. The van der Waals surface area contributed by atoms with Crippen LogP contribution in [-0.2, 0) is 25.5 Å². The van der Waals surface area contributed by atoms with Crippen molar-refractivity contribution in [1.82, 2.24) is 15.2 Å². The fourth-order valence-electron chi connectivity index (χ4n) is 3.65. The lowest BCUT2D eigenvalue weighted by Crippen LogP contribution is -2.50. The first-order valence-corrected chi connectivity index (χ1v) is 9.88. The van der Waals surface area contributed by atoms with Gasteiger partial charge in [-0.05, 0) is 24.0 Å². The van der Waals surface area contributed by atoms with E-state index >= 15 is 0 Å². The van der Waals surface area contributed by atoms with Crippen molar-refractivity contribution < 1.29 is 19.1 Å². The molecule has 1 heterocycles. The van der Waals surface area contributed by atoms with E-state index in [4.69, 9.17) is 4.74 Å². The monoisotopic (exact) mass is 401 g/mol. The number of methoxy groups -OCH3 is 1. The number of fused-ring (bicyclic) bond motifs is 1. The standard InChI is InChI=1S/C22H31N3O4/c1-14(2)10-15(12-20(26)29-5)22(28)25(4)19(21(27)23-3)11-16-13-24-18-9-7-6-8-17(16)18/h6-9,13-15,19,24H,10-12H2,1-5H3,(H,23,27)/t15-,19+/m1/s1. The fourth-order valence-corrected chi connectivity index (χ4v) is 3.65. The maximum Gasteiger partial charge on any atom is 0.306 e. The summed E-state index contributed by atoms with van der Waals surface area (Å²) in [5.74, 6) is -1.19. The number of rotatable bonds is 9. The predicted octanol–water partition coefficient (Wildman–Crippen LogP) is 2.51. The lowest BCUT2D eigenvalue weighted by atomic mass is 9.92. The topological polar surface area (TPSA) is 91.5 Å². The molecule has 2 rings (SSSR count). The molecule has 7 nitrogen and oxygen atoms in total. The second-order valence-electron chi connectivity index (χ2n) is 7.75. The Kier molecular flexibility index (Phi) is 7.82. The zero-order valence-electron chi connectivity index (χ0n) is 17.8. The van der Waals surface area contributed by atoms with Gasteiger partial charge in [0.15, 0.2) is 0 Å². The number of H-pyrrole nitrogens is 1. The number of benzene rings is 1. The zero-order valence-corrected chi connectivity index (χ0v) is 17.8. The second-order valence-corrected chi connectivity index (χ2v) is 7.75. The molecule has 158 valence electrons. The van der Waals surface area contributed by atoms with Gasteiger partial charge in [0.1, 0.15) is 6.04 Å².